The molecule has 8 nitrogen and oxygen atoms in total. The van der Waals surface area contributed by atoms with Crippen molar-refractivity contribution in [2.75, 3.05) is 45.8 Å². The Kier molecular flexibility index (Phi) is 8.53. The molecule has 0 saturated carbocycles. The van der Waals surface area contributed by atoms with Crippen LogP contribution in [0.15, 0.2) is 23.1 Å². The number of piperazine rings is 1. The minimum atomic E-state index is -3.54. The zero-order chi connectivity index (χ0) is 24.2. The Morgan fingerprint density at radius 2 is 1.76 bits per heavy atom. The van der Waals surface area contributed by atoms with Crippen LogP contribution in [0, 0.1) is 5.92 Å². The van der Waals surface area contributed by atoms with Crippen LogP contribution in [0.1, 0.15) is 46.9 Å². The Labute approximate surface area is 198 Å². The minimum absolute atomic E-state index is 0.165. The minimum Gasteiger partial charge on any atom is -0.340 e. The largest absolute Gasteiger partial charge is 0.340 e. The number of hydrogen-bond acceptors (Lipinski definition) is 5. The number of amides is 1. The van der Waals surface area contributed by atoms with E-state index in [1.807, 2.05) is 31.7 Å². The van der Waals surface area contributed by atoms with Crippen LogP contribution in [0.4, 0.5) is 0 Å². The summed E-state index contributed by atoms with van der Waals surface area (Å²) in [5, 5.41) is 0. The van der Waals surface area contributed by atoms with E-state index in [1.54, 1.807) is 12.1 Å². The first-order chi connectivity index (χ1) is 15.7. The maximum absolute atomic E-state index is 12.9. The van der Waals surface area contributed by atoms with E-state index < -0.39 is 10.0 Å². The van der Waals surface area contributed by atoms with E-state index >= 15 is 0 Å². The summed E-state index contributed by atoms with van der Waals surface area (Å²) >= 11 is 0. The molecule has 0 N–H and O–H groups in total. The maximum Gasteiger partial charge on any atom is 0.243 e. The van der Waals surface area contributed by atoms with Crippen molar-refractivity contribution in [3.05, 3.63) is 24.0 Å². The van der Waals surface area contributed by atoms with Gasteiger partial charge in [-0.2, -0.15) is 4.31 Å². The average molecular weight is 478 g/mol. The molecule has 2 aromatic rings. The molecule has 1 aromatic heterocycles. The van der Waals surface area contributed by atoms with Crippen molar-refractivity contribution in [2.45, 2.75) is 58.9 Å². The van der Waals surface area contributed by atoms with Crippen molar-refractivity contribution in [2.24, 2.45) is 5.92 Å². The predicted molar refractivity (Wildman–Crippen MR) is 132 cm³/mol. The smallest absolute Gasteiger partial charge is 0.243 e. The first kappa shape index (κ1) is 25.6. The molecule has 1 amide bonds. The predicted octanol–water partition coefficient (Wildman–Crippen LogP) is 2.82. The number of carbonyl (C=O) groups excluding carboxylic acids is 1. The van der Waals surface area contributed by atoms with E-state index in [-0.39, 0.29) is 10.8 Å². The Hall–Kier alpha value is -1.97. The average Bonchev–Trinajstić information content (AvgIpc) is 3.14. The van der Waals surface area contributed by atoms with Crippen LogP contribution in [-0.2, 0) is 27.8 Å². The van der Waals surface area contributed by atoms with Gasteiger partial charge in [-0.05, 0) is 31.0 Å². The third kappa shape index (κ3) is 5.75. The number of aryl methyl sites for hydroxylation is 2. The van der Waals surface area contributed by atoms with Crippen LogP contribution >= 0.6 is 0 Å². The summed E-state index contributed by atoms with van der Waals surface area (Å²) in [4.78, 5) is 22.2. The zero-order valence-corrected chi connectivity index (χ0v) is 21.6. The summed E-state index contributed by atoms with van der Waals surface area (Å²) in [7, 11) is -3.54. The molecule has 33 heavy (non-hydrogen) atoms. The van der Waals surface area contributed by atoms with Gasteiger partial charge in [0.05, 0.1) is 15.9 Å². The molecule has 0 unspecified atom stereocenters. The van der Waals surface area contributed by atoms with Gasteiger partial charge >= 0.3 is 0 Å². The Balaban J connectivity index is 1.71. The quantitative estimate of drug-likeness (QED) is 0.526. The lowest BCUT2D eigenvalue weighted by Crippen LogP contribution is -2.49. The van der Waals surface area contributed by atoms with Gasteiger partial charge < -0.3 is 9.47 Å². The van der Waals surface area contributed by atoms with E-state index in [4.69, 9.17) is 4.98 Å². The number of carbonyl (C=O) groups is 1. The lowest BCUT2D eigenvalue weighted by Gasteiger charge is -2.35. The monoisotopic (exact) mass is 477 g/mol. The van der Waals surface area contributed by atoms with E-state index in [0.29, 0.717) is 37.4 Å². The number of hydrogen-bond donors (Lipinski definition) is 0. The Morgan fingerprint density at radius 1 is 1.09 bits per heavy atom. The molecule has 1 aliphatic heterocycles. The van der Waals surface area contributed by atoms with Gasteiger partial charge in [-0.25, -0.2) is 13.4 Å². The Bertz CT molecular complexity index is 1050. The molecule has 9 heteroatoms. The number of rotatable bonds is 10. The van der Waals surface area contributed by atoms with Crippen molar-refractivity contribution in [1.82, 2.24) is 23.7 Å². The summed E-state index contributed by atoms with van der Waals surface area (Å²) in [6.07, 6.45) is 0.962. The second kappa shape index (κ2) is 11.0. The van der Waals surface area contributed by atoms with Crippen LogP contribution in [-0.4, -0.2) is 83.8 Å². The standard InChI is InChI=1S/C24H39N5O3S/c1-6-28(7-2)33(31,32)20-9-10-22-21(17-20)25-23(29(22)8-3)11-12-24(30)27-15-13-26(14-16-27)18-19(4)5/h9-10,17,19H,6-8,11-16,18H2,1-5H3. The molecule has 0 bridgehead atoms. The van der Waals surface area contributed by atoms with E-state index in [1.165, 1.54) is 4.31 Å². The highest BCUT2D eigenvalue weighted by Crippen LogP contribution is 2.24. The maximum atomic E-state index is 12.9. The van der Waals surface area contributed by atoms with Gasteiger partial charge in [-0.3, -0.25) is 9.69 Å². The summed E-state index contributed by atoms with van der Waals surface area (Å²) in [5.74, 6) is 1.63. The molecule has 1 aliphatic rings. The summed E-state index contributed by atoms with van der Waals surface area (Å²) in [6, 6.07) is 5.16. The van der Waals surface area contributed by atoms with Crippen LogP contribution in [0.25, 0.3) is 11.0 Å². The molecule has 0 aliphatic carbocycles. The van der Waals surface area contributed by atoms with Crippen molar-refractivity contribution in [3.63, 3.8) is 0 Å². The normalized spacial score (nSPS) is 15.8. The SMILES string of the molecule is CCN(CC)S(=O)(=O)c1ccc2c(c1)nc(CCC(=O)N1CCN(CC(C)C)CC1)n2CC. The van der Waals surface area contributed by atoms with Crippen molar-refractivity contribution in [3.8, 4) is 0 Å². The second-order valence-electron chi connectivity index (χ2n) is 9.09. The number of fused-ring (bicyclic) bond motifs is 1. The van der Waals surface area contributed by atoms with Gasteiger partial charge in [-0.15, -0.1) is 0 Å². The number of nitrogens with zero attached hydrogens (tertiary/aromatic N) is 5. The second-order valence-corrected chi connectivity index (χ2v) is 11.0. The highest BCUT2D eigenvalue weighted by molar-refractivity contribution is 7.89. The molecule has 1 fully saturated rings. The highest BCUT2D eigenvalue weighted by atomic mass is 32.2. The van der Waals surface area contributed by atoms with E-state index in [0.717, 1.165) is 50.6 Å². The van der Waals surface area contributed by atoms with Crippen molar-refractivity contribution < 1.29 is 13.2 Å². The fraction of sp³-hybridized carbons (Fsp3) is 0.667. The first-order valence-corrected chi connectivity index (χ1v) is 13.6. The molecule has 0 spiro atoms. The van der Waals surface area contributed by atoms with Crippen molar-refractivity contribution >= 4 is 27.0 Å². The molecule has 0 radical (unpaired) electrons. The van der Waals surface area contributed by atoms with Crippen LogP contribution in [0.3, 0.4) is 0 Å². The third-order valence-corrected chi connectivity index (χ3v) is 8.41. The number of imidazole rings is 1. The van der Waals surface area contributed by atoms with Gasteiger partial charge in [0.2, 0.25) is 15.9 Å². The van der Waals surface area contributed by atoms with Gasteiger partial charge in [0.1, 0.15) is 5.82 Å². The topological polar surface area (TPSA) is 78.8 Å². The van der Waals surface area contributed by atoms with Gasteiger partial charge in [0, 0.05) is 65.2 Å². The third-order valence-electron chi connectivity index (χ3n) is 6.37. The number of sulfonamides is 1. The van der Waals surface area contributed by atoms with Crippen LogP contribution in [0.2, 0.25) is 0 Å². The molecule has 1 aromatic carbocycles. The van der Waals surface area contributed by atoms with E-state index in [2.05, 4.69) is 23.3 Å². The van der Waals surface area contributed by atoms with Crippen LogP contribution in [0.5, 0.6) is 0 Å². The zero-order valence-electron chi connectivity index (χ0n) is 20.7. The number of aromatic nitrogens is 2. The molecular formula is C24H39N5O3S. The summed E-state index contributed by atoms with van der Waals surface area (Å²) < 4.78 is 29.3. The fourth-order valence-electron chi connectivity index (χ4n) is 4.65. The molecule has 3 rings (SSSR count). The summed E-state index contributed by atoms with van der Waals surface area (Å²) in [6.45, 7) is 16.2. The van der Waals surface area contributed by atoms with Gasteiger partial charge in [0.25, 0.3) is 0 Å². The molecule has 0 atom stereocenters. The van der Waals surface area contributed by atoms with Crippen molar-refractivity contribution in [1.29, 1.82) is 0 Å². The Morgan fingerprint density at radius 3 is 2.33 bits per heavy atom. The number of benzene rings is 1. The van der Waals surface area contributed by atoms with Crippen LogP contribution < -0.4 is 0 Å². The van der Waals surface area contributed by atoms with Gasteiger partial charge in [-0.1, -0.05) is 27.7 Å². The highest BCUT2D eigenvalue weighted by Gasteiger charge is 2.24. The lowest BCUT2D eigenvalue weighted by molar-refractivity contribution is -0.133. The van der Waals surface area contributed by atoms with Gasteiger partial charge in [0.15, 0.2) is 0 Å². The molecular weight excluding hydrogens is 438 g/mol. The molecule has 2 heterocycles. The fourth-order valence-corrected chi connectivity index (χ4v) is 6.13. The van der Waals surface area contributed by atoms with E-state index in [9.17, 15) is 13.2 Å². The summed E-state index contributed by atoms with van der Waals surface area (Å²) in [5.41, 5.74) is 1.57. The lowest BCUT2D eigenvalue weighted by atomic mass is 10.2. The molecule has 184 valence electrons. The molecule has 1 saturated heterocycles. The first-order valence-electron chi connectivity index (χ1n) is 12.2.